The van der Waals surface area contributed by atoms with Crippen LogP contribution in [0.1, 0.15) is 0 Å². The summed E-state index contributed by atoms with van der Waals surface area (Å²) < 4.78 is 133. The Morgan fingerprint density at radius 1 is 0.750 bits per heavy atom. The second kappa shape index (κ2) is 4.60. The topological polar surface area (TPSA) is 49.4 Å². The van der Waals surface area contributed by atoms with Crippen LogP contribution >= 0.6 is 0 Å². The van der Waals surface area contributed by atoms with Crippen molar-refractivity contribution in [2.75, 3.05) is 0 Å². The van der Waals surface area contributed by atoms with Gasteiger partial charge in [-0.2, -0.15) is 48.3 Å². The molecule has 0 radical (unpaired) electrons. The number of hydrogen-bond acceptors (Lipinski definition) is 3. The summed E-state index contributed by atoms with van der Waals surface area (Å²) in [5.74, 6) is -18.0. The third-order valence-corrected chi connectivity index (χ3v) is 1.62. The van der Waals surface area contributed by atoms with Gasteiger partial charge in [-0.3, -0.25) is 4.74 Å². The number of rotatable bonds is 4. The minimum absolute atomic E-state index is 1.59. The summed E-state index contributed by atoms with van der Waals surface area (Å²) in [5, 5.41) is 9.73. The number of halogens is 11. The number of hydrogen-bond donors (Lipinski definition) is 0. The average Bonchev–Trinajstić information content (AvgIpc) is 2.12. The van der Waals surface area contributed by atoms with Crippen molar-refractivity contribution in [1.82, 2.24) is 0 Å². The van der Waals surface area contributed by atoms with E-state index in [-0.39, 0.29) is 0 Å². The van der Waals surface area contributed by atoms with E-state index in [1.807, 2.05) is 0 Å². The average molecular weight is 329 g/mol. The fourth-order valence-corrected chi connectivity index (χ4v) is 0.621. The maximum atomic E-state index is 12.6. The first-order valence-corrected chi connectivity index (χ1v) is 3.90. The Morgan fingerprint density at radius 3 is 1.30 bits per heavy atom. The van der Waals surface area contributed by atoms with Crippen molar-refractivity contribution in [3.05, 3.63) is 0 Å². The Morgan fingerprint density at radius 2 is 1.10 bits per heavy atom. The van der Waals surface area contributed by atoms with Crippen molar-refractivity contribution in [1.29, 1.82) is 0 Å². The van der Waals surface area contributed by atoms with Crippen LogP contribution in [0.4, 0.5) is 48.3 Å². The summed E-state index contributed by atoms with van der Waals surface area (Å²) in [6.45, 7) is 0. The molecule has 0 aliphatic rings. The van der Waals surface area contributed by atoms with E-state index in [4.69, 9.17) is 0 Å². The van der Waals surface area contributed by atoms with E-state index in [9.17, 15) is 58.2 Å². The lowest BCUT2D eigenvalue weighted by atomic mass is 10.2. The van der Waals surface area contributed by atoms with Crippen molar-refractivity contribution >= 4 is 5.97 Å². The van der Waals surface area contributed by atoms with Gasteiger partial charge in [0.15, 0.2) is 0 Å². The van der Waals surface area contributed by atoms with Gasteiger partial charge in [0, 0.05) is 0 Å². The molecule has 1 atom stereocenters. The predicted molar refractivity (Wildman–Crippen MR) is 31.9 cm³/mol. The second-order valence-corrected chi connectivity index (χ2v) is 3.07. The van der Waals surface area contributed by atoms with E-state index >= 15 is 0 Å². The Balaban J connectivity index is 5.73. The van der Waals surface area contributed by atoms with Gasteiger partial charge >= 0.3 is 30.2 Å². The third-order valence-electron chi connectivity index (χ3n) is 1.62. The van der Waals surface area contributed by atoms with Gasteiger partial charge in [-0.05, 0) is 0 Å². The Labute approximate surface area is 100 Å². The predicted octanol–water partition coefficient (Wildman–Crippen LogP) is 1.77. The quantitative estimate of drug-likeness (QED) is 0.739. The molecule has 14 heteroatoms. The Bertz CT molecular complexity index is 383. The van der Waals surface area contributed by atoms with E-state index in [0.717, 1.165) is 0 Å². The molecule has 0 heterocycles. The van der Waals surface area contributed by atoms with Gasteiger partial charge in [0.05, 0.1) is 0 Å². The lowest BCUT2D eigenvalue weighted by Gasteiger charge is -2.35. The van der Waals surface area contributed by atoms with Gasteiger partial charge in [0.2, 0.25) is 0 Å². The molecule has 0 aromatic rings. The highest BCUT2D eigenvalue weighted by Crippen LogP contribution is 2.50. The van der Waals surface area contributed by atoms with Crippen molar-refractivity contribution in [3.63, 3.8) is 0 Å². The van der Waals surface area contributed by atoms with E-state index in [1.54, 1.807) is 4.74 Å². The standard InChI is InChI=1S/C6HF11O3/c7-2(1(18)19,4(10,11)12)20-6(16,17)3(8,9)5(13,14)15/h(H,18,19)/p-1. The van der Waals surface area contributed by atoms with Crippen LogP contribution in [-0.4, -0.2) is 36.2 Å². The zero-order valence-corrected chi connectivity index (χ0v) is 8.38. The zero-order valence-electron chi connectivity index (χ0n) is 8.38. The van der Waals surface area contributed by atoms with Crippen LogP contribution in [0, 0.1) is 0 Å². The largest absolute Gasteiger partial charge is 0.544 e. The van der Waals surface area contributed by atoms with E-state index in [2.05, 4.69) is 0 Å². The molecule has 0 aliphatic heterocycles. The minimum Gasteiger partial charge on any atom is -0.544 e. The van der Waals surface area contributed by atoms with Gasteiger partial charge in [-0.1, -0.05) is 0 Å². The number of carbonyl (C=O) groups excluding carboxylic acids is 1. The van der Waals surface area contributed by atoms with Crippen molar-refractivity contribution in [2.24, 2.45) is 0 Å². The van der Waals surface area contributed by atoms with Gasteiger partial charge in [0.25, 0.3) is 0 Å². The number of carboxylic acid groups (broad SMARTS) is 1. The fraction of sp³-hybridized carbons (Fsp3) is 0.833. The molecule has 0 N–H and O–H groups in total. The molecule has 0 spiro atoms. The van der Waals surface area contributed by atoms with Crippen molar-refractivity contribution < 1.29 is 62.9 Å². The molecule has 0 fully saturated rings. The van der Waals surface area contributed by atoms with E-state index in [1.165, 1.54) is 0 Å². The van der Waals surface area contributed by atoms with Crippen LogP contribution in [0.5, 0.6) is 0 Å². The molecule has 20 heavy (non-hydrogen) atoms. The van der Waals surface area contributed by atoms with Crippen LogP contribution in [0.25, 0.3) is 0 Å². The van der Waals surface area contributed by atoms with Crippen LogP contribution in [0.2, 0.25) is 0 Å². The van der Waals surface area contributed by atoms with E-state index in [0.29, 0.717) is 0 Å². The molecule has 0 bridgehead atoms. The molecule has 0 saturated heterocycles. The summed E-state index contributed by atoms with van der Waals surface area (Å²) in [7, 11) is 0. The lowest BCUT2D eigenvalue weighted by molar-refractivity contribution is -0.486. The normalized spacial score (nSPS) is 17.8. The zero-order chi connectivity index (χ0) is 16.8. The number of carboxylic acids is 1. The lowest BCUT2D eigenvalue weighted by Crippen LogP contribution is -2.64. The first kappa shape index (κ1) is 18.7. The molecular formula is C6F11O3-. The second-order valence-electron chi connectivity index (χ2n) is 3.07. The third kappa shape index (κ3) is 2.88. The summed E-state index contributed by atoms with van der Waals surface area (Å²) in [6, 6.07) is 0. The van der Waals surface area contributed by atoms with Gasteiger partial charge in [0.1, 0.15) is 5.97 Å². The SMILES string of the molecule is O=C([O-])C(F)(OC(F)(F)C(F)(F)C(F)(F)F)C(F)(F)F. The molecule has 0 amide bonds. The van der Waals surface area contributed by atoms with Crippen molar-refractivity contribution in [3.8, 4) is 0 Å². The molecule has 120 valence electrons. The number of aliphatic carboxylic acids is 1. The highest BCUT2D eigenvalue weighted by Gasteiger charge is 2.78. The Hall–Kier alpha value is -1.34. The monoisotopic (exact) mass is 329 g/mol. The van der Waals surface area contributed by atoms with Crippen LogP contribution in [-0.2, 0) is 9.53 Å². The molecule has 1 unspecified atom stereocenters. The number of ether oxygens (including phenoxy) is 1. The van der Waals surface area contributed by atoms with Gasteiger partial charge in [-0.15, -0.1) is 0 Å². The minimum atomic E-state index is -7.29. The summed E-state index contributed by atoms with van der Waals surface area (Å²) in [5.41, 5.74) is 0. The number of alkyl halides is 11. The first-order valence-electron chi connectivity index (χ1n) is 3.90. The molecule has 0 saturated carbocycles. The molecule has 0 rings (SSSR count). The highest BCUT2D eigenvalue weighted by molar-refractivity contribution is 5.74. The molecule has 0 aromatic heterocycles. The summed E-state index contributed by atoms with van der Waals surface area (Å²) in [6.07, 6.45) is -21.2. The van der Waals surface area contributed by atoms with Gasteiger partial charge < -0.3 is 9.90 Å². The molecule has 0 aliphatic carbocycles. The van der Waals surface area contributed by atoms with Crippen LogP contribution in [0.3, 0.4) is 0 Å². The fourth-order valence-electron chi connectivity index (χ4n) is 0.621. The smallest absolute Gasteiger partial charge is 0.462 e. The van der Waals surface area contributed by atoms with Crippen molar-refractivity contribution in [2.45, 2.75) is 30.2 Å². The summed E-state index contributed by atoms with van der Waals surface area (Å²) >= 11 is 0. The molecule has 0 aromatic carbocycles. The molecule has 3 nitrogen and oxygen atoms in total. The highest BCUT2D eigenvalue weighted by atomic mass is 19.4. The molecular weight excluding hydrogens is 329 g/mol. The maximum Gasteiger partial charge on any atom is 0.462 e. The first-order chi connectivity index (χ1) is 8.40. The Kier molecular flexibility index (Phi) is 4.29. The maximum absolute atomic E-state index is 12.6. The van der Waals surface area contributed by atoms with E-state index < -0.39 is 36.2 Å². The summed E-state index contributed by atoms with van der Waals surface area (Å²) in [4.78, 5) is 9.73. The van der Waals surface area contributed by atoms with Crippen LogP contribution in [0.15, 0.2) is 0 Å². The number of carbonyl (C=O) groups is 1. The van der Waals surface area contributed by atoms with Crippen LogP contribution < -0.4 is 5.11 Å². The van der Waals surface area contributed by atoms with Gasteiger partial charge in [-0.25, -0.2) is 0 Å².